The van der Waals surface area contributed by atoms with E-state index in [4.69, 9.17) is 5.73 Å². The Labute approximate surface area is 66.0 Å². The molecule has 0 saturated heterocycles. The van der Waals surface area contributed by atoms with Crippen LogP contribution in [0.15, 0.2) is 24.3 Å². The second kappa shape index (κ2) is 2.09. The monoisotopic (exact) mass is 147 g/mol. The highest BCUT2D eigenvalue weighted by atomic mass is 15.1. The van der Waals surface area contributed by atoms with Crippen LogP contribution in [-0.2, 0) is 6.42 Å². The number of rotatable bonds is 0. The molecule has 2 rings (SSSR count). The molecule has 0 aliphatic carbocycles. The van der Waals surface area contributed by atoms with Gasteiger partial charge in [0.25, 0.3) is 5.84 Å². The maximum Gasteiger partial charge on any atom is 0.252 e. The number of amidine groups is 1. The number of fused-ring (bicyclic) bond motifs is 1. The first-order chi connectivity index (χ1) is 5.29. The van der Waals surface area contributed by atoms with E-state index in [-0.39, 0.29) is 0 Å². The highest BCUT2D eigenvalue weighted by Crippen LogP contribution is 2.22. The van der Waals surface area contributed by atoms with E-state index in [0.717, 1.165) is 12.3 Å². The molecule has 1 aromatic rings. The third-order valence-electron chi connectivity index (χ3n) is 2.16. The molecule has 1 heterocycles. The SMILES string of the molecule is C[N+]1=C(N)Cc2ccccc21. The molecule has 1 aliphatic rings. The molecule has 1 aromatic carbocycles. The van der Waals surface area contributed by atoms with E-state index in [2.05, 4.69) is 12.1 Å². The summed E-state index contributed by atoms with van der Waals surface area (Å²) in [6, 6.07) is 8.29. The van der Waals surface area contributed by atoms with Crippen LogP contribution in [0, 0.1) is 0 Å². The van der Waals surface area contributed by atoms with Crippen LogP contribution in [0.5, 0.6) is 0 Å². The molecule has 0 fully saturated rings. The molecule has 0 bridgehead atoms. The van der Waals surface area contributed by atoms with Crippen LogP contribution >= 0.6 is 0 Å². The predicted molar refractivity (Wildman–Crippen MR) is 45.2 cm³/mol. The van der Waals surface area contributed by atoms with Gasteiger partial charge in [0, 0.05) is 5.56 Å². The molecule has 0 amide bonds. The van der Waals surface area contributed by atoms with E-state index in [1.165, 1.54) is 11.3 Å². The lowest BCUT2D eigenvalue weighted by Crippen LogP contribution is -2.18. The van der Waals surface area contributed by atoms with Gasteiger partial charge >= 0.3 is 0 Å². The minimum absolute atomic E-state index is 0.896. The molecule has 0 aromatic heterocycles. The average molecular weight is 147 g/mol. The summed E-state index contributed by atoms with van der Waals surface area (Å²) in [6.07, 6.45) is 0.896. The van der Waals surface area contributed by atoms with Gasteiger partial charge in [0.15, 0.2) is 0 Å². The van der Waals surface area contributed by atoms with Crippen molar-refractivity contribution in [1.29, 1.82) is 0 Å². The van der Waals surface area contributed by atoms with Gasteiger partial charge in [-0.2, -0.15) is 0 Å². The van der Waals surface area contributed by atoms with Gasteiger partial charge in [-0.05, 0) is 6.07 Å². The standard InChI is InChI=1S/C9H10N2/c1-11-8-5-3-2-4-7(8)6-9(11)10/h2-5,10H,6H2,1H3/p+1. The topological polar surface area (TPSA) is 29.0 Å². The maximum absolute atomic E-state index is 5.77. The van der Waals surface area contributed by atoms with Gasteiger partial charge in [-0.25, -0.2) is 4.58 Å². The third-order valence-corrected chi connectivity index (χ3v) is 2.16. The summed E-state index contributed by atoms with van der Waals surface area (Å²) < 4.78 is 2.04. The molecule has 56 valence electrons. The Bertz CT molecular complexity index is 326. The summed E-state index contributed by atoms with van der Waals surface area (Å²) in [5, 5.41) is 0. The smallest absolute Gasteiger partial charge is 0.252 e. The zero-order valence-electron chi connectivity index (χ0n) is 6.54. The van der Waals surface area contributed by atoms with Crippen LogP contribution < -0.4 is 5.73 Å². The van der Waals surface area contributed by atoms with Crippen LogP contribution in [-0.4, -0.2) is 17.5 Å². The Hall–Kier alpha value is -1.31. The minimum atomic E-state index is 0.896. The molecule has 0 spiro atoms. The number of para-hydroxylation sites is 1. The van der Waals surface area contributed by atoms with E-state index in [0.29, 0.717) is 0 Å². The van der Waals surface area contributed by atoms with Gasteiger partial charge in [0.1, 0.15) is 5.69 Å². The summed E-state index contributed by atoms with van der Waals surface area (Å²) in [4.78, 5) is 0. The van der Waals surface area contributed by atoms with E-state index in [9.17, 15) is 0 Å². The summed E-state index contributed by atoms with van der Waals surface area (Å²) in [5.41, 5.74) is 8.34. The average Bonchev–Trinajstić information content (AvgIpc) is 2.30. The molecule has 1 aliphatic heterocycles. The number of hydrogen-bond donors (Lipinski definition) is 1. The second-order valence-electron chi connectivity index (χ2n) is 2.86. The van der Waals surface area contributed by atoms with Crippen LogP contribution in [0.25, 0.3) is 0 Å². The quantitative estimate of drug-likeness (QED) is 0.542. The maximum atomic E-state index is 5.77. The van der Waals surface area contributed by atoms with Gasteiger partial charge in [-0.3, -0.25) is 5.73 Å². The fourth-order valence-electron chi connectivity index (χ4n) is 1.46. The Balaban J connectivity index is 2.60. The van der Waals surface area contributed by atoms with Crippen molar-refractivity contribution in [2.24, 2.45) is 5.73 Å². The summed E-state index contributed by atoms with van der Waals surface area (Å²) in [6.45, 7) is 0. The van der Waals surface area contributed by atoms with Gasteiger partial charge in [-0.1, -0.05) is 18.2 Å². The van der Waals surface area contributed by atoms with Crippen molar-refractivity contribution in [1.82, 2.24) is 0 Å². The molecular weight excluding hydrogens is 136 g/mol. The Kier molecular flexibility index (Phi) is 1.22. The molecule has 2 nitrogen and oxygen atoms in total. The largest absolute Gasteiger partial charge is 0.290 e. The van der Waals surface area contributed by atoms with E-state index in [1.807, 2.05) is 23.8 Å². The van der Waals surface area contributed by atoms with Gasteiger partial charge in [-0.15, -0.1) is 0 Å². The van der Waals surface area contributed by atoms with E-state index >= 15 is 0 Å². The normalized spacial score (nSPS) is 15.4. The summed E-state index contributed by atoms with van der Waals surface area (Å²) in [7, 11) is 2.00. The first-order valence-corrected chi connectivity index (χ1v) is 3.72. The van der Waals surface area contributed by atoms with Gasteiger partial charge in [0.05, 0.1) is 13.5 Å². The van der Waals surface area contributed by atoms with Crippen molar-refractivity contribution in [3.63, 3.8) is 0 Å². The third kappa shape index (κ3) is 0.827. The zero-order chi connectivity index (χ0) is 7.84. The number of benzene rings is 1. The van der Waals surface area contributed by atoms with E-state index in [1.54, 1.807) is 0 Å². The lowest BCUT2D eigenvalue weighted by molar-refractivity contribution is -0.402. The van der Waals surface area contributed by atoms with Crippen LogP contribution in [0.2, 0.25) is 0 Å². The fraction of sp³-hybridized carbons (Fsp3) is 0.222. The lowest BCUT2D eigenvalue weighted by Gasteiger charge is -1.95. The Morgan fingerprint density at radius 1 is 1.36 bits per heavy atom. The lowest BCUT2D eigenvalue weighted by atomic mass is 10.1. The van der Waals surface area contributed by atoms with Crippen LogP contribution in [0.4, 0.5) is 5.69 Å². The highest BCUT2D eigenvalue weighted by molar-refractivity contribution is 5.83. The van der Waals surface area contributed by atoms with Crippen molar-refractivity contribution in [3.8, 4) is 0 Å². The summed E-state index contributed by atoms with van der Waals surface area (Å²) in [5.74, 6) is 0.936. The van der Waals surface area contributed by atoms with Crippen molar-refractivity contribution >= 4 is 11.5 Å². The molecule has 0 radical (unpaired) electrons. The molecule has 2 N–H and O–H groups in total. The Morgan fingerprint density at radius 3 is 2.82 bits per heavy atom. The Morgan fingerprint density at radius 2 is 2.09 bits per heavy atom. The molecule has 0 atom stereocenters. The first-order valence-electron chi connectivity index (χ1n) is 3.72. The summed E-state index contributed by atoms with van der Waals surface area (Å²) >= 11 is 0. The highest BCUT2D eigenvalue weighted by Gasteiger charge is 2.20. The van der Waals surface area contributed by atoms with Crippen LogP contribution in [0.3, 0.4) is 0 Å². The first kappa shape index (κ1) is 6.40. The molecule has 0 unspecified atom stereocenters. The molecule has 11 heavy (non-hydrogen) atoms. The molecular formula is C9H11N2+. The van der Waals surface area contributed by atoms with Crippen molar-refractivity contribution in [2.75, 3.05) is 7.05 Å². The number of hydrogen-bond acceptors (Lipinski definition) is 1. The molecule has 0 saturated carbocycles. The predicted octanol–water partition coefficient (Wildman–Crippen LogP) is 0.874. The second-order valence-corrected chi connectivity index (χ2v) is 2.86. The zero-order valence-corrected chi connectivity index (χ0v) is 6.54. The number of nitrogens with zero attached hydrogens (tertiary/aromatic N) is 1. The van der Waals surface area contributed by atoms with Crippen molar-refractivity contribution < 1.29 is 4.58 Å². The minimum Gasteiger partial charge on any atom is -0.290 e. The van der Waals surface area contributed by atoms with Gasteiger partial charge in [0.2, 0.25) is 0 Å². The fourth-order valence-corrected chi connectivity index (χ4v) is 1.46. The van der Waals surface area contributed by atoms with Crippen LogP contribution in [0.1, 0.15) is 5.56 Å². The van der Waals surface area contributed by atoms with Crippen molar-refractivity contribution in [3.05, 3.63) is 29.8 Å². The van der Waals surface area contributed by atoms with E-state index < -0.39 is 0 Å². The molecule has 2 heteroatoms. The number of nitrogens with two attached hydrogens (primary N) is 1. The van der Waals surface area contributed by atoms with Crippen molar-refractivity contribution in [2.45, 2.75) is 6.42 Å². The van der Waals surface area contributed by atoms with Gasteiger partial charge < -0.3 is 0 Å².